The summed E-state index contributed by atoms with van der Waals surface area (Å²) in [5.41, 5.74) is 2.80. The van der Waals surface area contributed by atoms with E-state index in [9.17, 15) is 18.8 Å². The fraction of sp³-hybridized carbons (Fsp3) is 0.179. The van der Waals surface area contributed by atoms with Gasteiger partial charge in [-0.2, -0.15) is 0 Å². The largest absolute Gasteiger partial charge is 0.490 e. The van der Waals surface area contributed by atoms with Crippen LogP contribution < -0.4 is 19.7 Å². The Morgan fingerprint density at radius 2 is 1.81 bits per heavy atom. The van der Waals surface area contributed by atoms with E-state index >= 15 is 0 Å². The molecule has 3 aromatic rings. The number of anilines is 1. The maximum absolute atomic E-state index is 13.5. The van der Waals surface area contributed by atoms with Gasteiger partial charge in [-0.15, -0.1) is 0 Å². The lowest BCUT2D eigenvalue weighted by Crippen LogP contribution is -2.54. The number of carbonyl (C=O) groups is 3. The summed E-state index contributed by atoms with van der Waals surface area (Å²) in [4.78, 5) is 39.4. The lowest BCUT2D eigenvalue weighted by molar-refractivity contribution is -0.122. The number of carbonyl (C=O) groups excluding carboxylic acids is 3. The molecule has 190 valence electrons. The summed E-state index contributed by atoms with van der Waals surface area (Å²) in [6.07, 6.45) is 1.34. The molecule has 37 heavy (non-hydrogen) atoms. The smallest absolute Gasteiger partial charge is 0.335 e. The number of halogens is 2. The van der Waals surface area contributed by atoms with E-state index in [1.54, 1.807) is 44.2 Å². The summed E-state index contributed by atoms with van der Waals surface area (Å²) in [6, 6.07) is 13.5. The van der Waals surface area contributed by atoms with E-state index in [4.69, 9.17) is 21.1 Å². The number of nitrogens with zero attached hydrogens (tertiary/aromatic N) is 1. The lowest BCUT2D eigenvalue weighted by atomic mass is 10.0. The number of benzene rings is 3. The highest BCUT2D eigenvalue weighted by molar-refractivity contribution is 6.39. The fourth-order valence-corrected chi connectivity index (χ4v) is 4.23. The number of amides is 4. The lowest BCUT2D eigenvalue weighted by Gasteiger charge is -2.27. The molecular formula is C28H24ClFN2O5. The van der Waals surface area contributed by atoms with Gasteiger partial charge in [0.2, 0.25) is 0 Å². The second-order valence-electron chi connectivity index (χ2n) is 8.43. The molecule has 1 N–H and O–H groups in total. The van der Waals surface area contributed by atoms with Crippen LogP contribution in [0, 0.1) is 19.7 Å². The van der Waals surface area contributed by atoms with E-state index in [1.807, 2.05) is 13.0 Å². The van der Waals surface area contributed by atoms with Gasteiger partial charge >= 0.3 is 6.03 Å². The molecular weight excluding hydrogens is 499 g/mol. The van der Waals surface area contributed by atoms with Crippen molar-refractivity contribution in [3.63, 3.8) is 0 Å². The van der Waals surface area contributed by atoms with Crippen molar-refractivity contribution in [2.45, 2.75) is 27.4 Å². The number of aryl methyl sites for hydroxylation is 2. The Kier molecular flexibility index (Phi) is 7.59. The second-order valence-corrected chi connectivity index (χ2v) is 8.84. The zero-order valence-electron chi connectivity index (χ0n) is 20.4. The van der Waals surface area contributed by atoms with Gasteiger partial charge in [-0.3, -0.25) is 14.9 Å². The predicted molar refractivity (Wildman–Crippen MR) is 138 cm³/mol. The molecule has 1 heterocycles. The first-order valence-corrected chi connectivity index (χ1v) is 11.9. The molecule has 1 saturated heterocycles. The van der Waals surface area contributed by atoms with Crippen LogP contribution in [0.3, 0.4) is 0 Å². The molecule has 0 atom stereocenters. The van der Waals surface area contributed by atoms with Crippen LogP contribution in [0.4, 0.5) is 14.9 Å². The predicted octanol–water partition coefficient (Wildman–Crippen LogP) is 5.74. The van der Waals surface area contributed by atoms with Gasteiger partial charge in [-0.05, 0) is 73.9 Å². The van der Waals surface area contributed by atoms with Crippen molar-refractivity contribution < 1.29 is 28.2 Å². The normalized spacial score (nSPS) is 14.7. The third-order valence-corrected chi connectivity index (χ3v) is 5.89. The summed E-state index contributed by atoms with van der Waals surface area (Å²) in [7, 11) is 0. The maximum atomic E-state index is 13.5. The molecule has 4 rings (SSSR count). The molecule has 1 aliphatic heterocycles. The minimum atomic E-state index is -0.826. The highest BCUT2D eigenvalue weighted by Gasteiger charge is 2.37. The van der Waals surface area contributed by atoms with Crippen LogP contribution in [0.25, 0.3) is 6.08 Å². The fourth-order valence-electron chi connectivity index (χ4n) is 3.96. The Bertz CT molecular complexity index is 1440. The first-order valence-electron chi connectivity index (χ1n) is 11.5. The highest BCUT2D eigenvalue weighted by atomic mass is 35.5. The first kappa shape index (κ1) is 25.9. The molecule has 9 heteroatoms. The molecule has 0 spiro atoms. The van der Waals surface area contributed by atoms with Gasteiger partial charge in [0.15, 0.2) is 11.5 Å². The SMILES string of the molecule is CCOc1cc(/C=C2\C(=O)NC(=O)N(c3ccc(C)cc3C)C2=O)cc(Cl)c1OCc1cccc(F)c1. The molecule has 4 amide bonds. The van der Waals surface area contributed by atoms with Gasteiger partial charge in [0.25, 0.3) is 11.8 Å². The van der Waals surface area contributed by atoms with Gasteiger partial charge in [0.1, 0.15) is 18.0 Å². The molecule has 0 radical (unpaired) electrons. The standard InChI is InChI=1S/C28H24ClFN2O5/c1-4-36-24-14-19(13-22(29)25(24)37-15-18-6-5-7-20(30)11-18)12-21-26(33)31-28(35)32(27(21)34)23-9-8-16(2)10-17(23)3/h5-14H,4,15H2,1-3H3,(H,31,33,35)/b21-12+. The molecule has 0 saturated carbocycles. The molecule has 7 nitrogen and oxygen atoms in total. The summed E-state index contributed by atoms with van der Waals surface area (Å²) in [5.74, 6) is -1.45. The van der Waals surface area contributed by atoms with Crippen LogP contribution >= 0.6 is 11.6 Å². The van der Waals surface area contributed by atoms with E-state index < -0.39 is 17.8 Å². The van der Waals surface area contributed by atoms with Crippen molar-refractivity contribution in [3.8, 4) is 11.5 Å². The first-order chi connectivity index (χ1) is 17.7. The second kappa shape index (κ2) is 10.8. The number of rotatable bonds is 7. The van der Waals surface area contributed by atoms with E-state index in [0.717, 1.165) is 10.5 Å². The van der Waals surface area contributed by atoms with Gasteiger partial charge in [0, 0.05) is 0 Å². The minimum absolute atomic E-state index is 0.0475. The van der Waals surface area contributed by atoms with Crippen LogP contribution in [0.2, 0.25) is 5.02 Å². The number of barbiturate groups is 1. The number of ether oxygens (including phenoxy) is 2. The quantitative estimate of drug-likeness (QED) is 0.316. The van der Waals surface area contributed by atoms with Crippen LogP contribution in [0.15, 0.2) is 60.2 Å². The Morgan fingerprint density at radius 3 is 2.51 bits per heavy atom. The molecule has 3 aromatic carbocycles. The van der Waals surface area contributed by atoms with Crippen molar-refractivity contribution in [3.05, 3.63) is 93.3 Å². The maximum Gasteiger partial charge on any atom is 0.335 e. The van der Waals surface area contributed by atoms with Crippen molar-refractivity contribution in [1.29, 1.82) is 0 Å². The number of imide groups is 2. The Balaban J connectivity index is 1.67. The summed E-state index contributed by atoms with van der Waals surface area (Å²) in [5, 5.41) is 2.39. The monoisotopic (exact) mass is 522 g/mol. The minimum Gasteiger partial charge on any atom is -0.490 e. The average molecular weight is 523 g/mol. The summed E-state index contributed by atoms with van der Waals surface area (Å²) in [6.45, 7) is 5.79. The number of nitrogens with one attached hydrogen (secondary N) is 1. The van der Waals surface area contributed by atoms with Crippen LogP contribution in [0.1, 0.15) is 29.2 Å². The summed E-state index contributed by atoms with van der Waals surface area (Å²) >= 11 is 6.48. The molecule has 0 aromatic heterocycles. The van der Waals surface area contributed by atoms with Gasteiger partial charge in [0.05, 0.1) is 17.3 Å². The molecule has 0 unspecified atom stereocenters. The zero-order chi connectivity index (χ0) is 26.7. The van der Waals surface area contributed by atoms with E-state index in [1.165, 1.54) is 24.3 Å². The molecule has 0 aliphatic carbocycles. The molecule has 1 aliphatic rings. The van der Waals surface area contributed by atoms with Crippen molar-refractivity contribution in [1.82, 2.24) is 5.32 Å². The number of urea groups is 1. The third kappa shape index (κ3) is 5.65. The van der Waals surface area contributed by atoms with E-state index in [-0.39, 0.29) is 34.5 Å². The van der Waals surface area contributed by atoms with Crippen LogP contribution in [-0.2, 0) is 16.2 Å². The zero-order valence-corrected chi connectivity index (χ0v) is 21.2. The summed E-state index contributed by atoms with van der Waals surface area (Å²) < 4.78 is 25.0. The highest BCUT2D eigenvalue weighted by Crippen LogP contribution is 2.38. The van der Waals surface area contributed by atoms with Gasteiger partial charge in [-0.25, -0.2) is 14.1 Å². The Hall–Kier alpha value is -4.17. The number of hydrogen-bond acceptors (Lipinski definition) is 5. The van der Waals surface area contributed by atoms with Crippen LogP contribution in [0.5, 0.6) is 11.5 Å². The Labute approximate surface area is 218 Å². The van der Waals surface area contributed by atoms with E-state index in [0.29, 0.717) is 29.0 Å². The molecule has 1 fully saturated rings. The van der Waals surface area contributed by atoms with Crippen molar-refractivity contribution >= 4 is 41.2 Å². The van der Waals surface area contributed by atoms with Gasteiger partial charge in [-0.1, -0.05) is 41.4 Å². The topological polar surface area (TPSA) is 84.9 Å². The van der Waals surface area contributed by atoms with Gasteiger partial charge < -0.3 is 9.47 Å². The number of hydrogen-bond donors (Lipinski definition) is 1. The molecule has 0 bridgehead atoms. The van der Waals surface area contributed by atoms with Crippen molar-refractivity contribution in [2.75, 3.05) is 11.5 Å². The van der Waals surface area contributed by atoms with E-state index in [2.05, 4.69) is 5.32 Å². The van der Waals surface area contributed by atoms with Crippen LogP contribution in [-0.4, -0.2) is 24.5 Å². The third-order valence-electron chi connectivity index (χ3n) is 5.61. The van der Waals surface area contributed by atoms with Crippen molar-refractivity contribution in [2.24, 2.45) is 0 Å². The average Bonchev–Trinajstić information content (AvgIpc) is 2.83. The Morgan fingerprint density at radius 1 is 1.03 bits per heavy atom.